The predicted molar refractivity (Wildman–Crippen MR) is 76.6 cm³/mol. The van der Waals surface area contributed by atoms with Crippen LogP contribution < -0.4 is 10.5 Å². The number of alkyl halides is 1. The van der Waals surface area contributed by atoms with Gasteiger partial charge in [-0.25, -0.2) is 4.98 Å². The molecule has 0 amide bonds. The lowest BCUT2D eigenvalue weighted by molar-refractivity contribution is 0.637. The van der Waals surface area contributed by atoms with Gasteiger partial charge in [0.25, 0.3) is 5.56 Å². The monoisotopic (exact) mass is 271 g/mol. The number of aromatic nitrogens is 2. The summed E-state index contributed by atoms with van der Waals surface area (Å²) in [6, 6.07) is 0. The second-order valence-corrected chi connectivity index (χ2v) is 4.66. The Morgan fingerprint density at radius 3 is 2.72 bits per heavy atom. The molecule has 0 bridgehead atoms. The summed E-state index contributed by atoms with van der Waals surface area (Å²) in [5.41, 5.74) is -0.0134. The zero-order valence-electron chi connectivity index (χ0n) is 11.2. The molecule has 102 valence electrons. The second-order valence-electron chi connectivity index (χ2n) is 4.28. The van der Waals surface area contributed by atoms with Crippen LogP contribution >= 0.6 is 11.6 Å². The average molecular weight is 272 g/mol. The van der Waals surface area contributed by atoms with Gasteiger partial charge in [-0.3, -0.25) is 4.79 Å². The fraction of sp³-hybridized carbons (Fsp3) is 0.692. The molecule has 1 aromatic rings. The van der Waals surface area contributed by atoms with Gasteiger partial charge < -0.3 is 9.47 Å². The lowest BCUT2D eigenvalue weighted by Crippen LogP contribution is -2.35. The first-order chi connectivity index (χ1) is 8.74. The van der Waals surface area contributed by atoms with Gasteiger partial charge in [0, 0.05) is 37.9 Å². The molecule has 1 heterocycles. The van der Waals surface area contributed by atoms with Crippen LogP contribution in [-0.2, 0) is 6.54 Å². The molecule has 0 aromatic carbocycles. The minimum atomic E-state index is -0.0134. The molecule has 18 heavy (non-hydrogen) atoms. The Hall–Kier alpha value is -1.03. The van der Waals surface area contributed by atoms with Crippen molar-refractivity contribution in [1.29, 1.82) is 0 Å². The molecule has 0 atom stereocenters. The van der Waals surface area contributed by atoms with Gasteiger partial charge in [-0.2, -0.15) is 0 Å². The van der Waals surface area contributed by atoms with Crippen LogP contribution in [0.15, 0.2) is 17.2 Å². The van der Waals surface area contributed by atoms with Gasteiger partial charge in [0.1, 0.15) is 0 Å². The smallest absolute Gasteiger partial charge is 0.293 e. The van der Waals surface area contributed by atoms with Crippen molar-refractivity contribution in [3.8, 4) is 0 Å². The van der Waals surface area contributed by atoms with Crippen molar-refractivity contribution in [2.24, 2.45) is 0 Å². The molecule has 0 N–H and O–H groups in total. The third-order valence-electron chi connectivity index (χ3n) is 2.80. The summed E-state index contributed by atoms with van der Waals surface area (Å²) in [7, 11) is 0. The van der Waals surface area contributed by atoms with Gasteiger partial charge in [-0.15, -0.1) is 11.6 Å². The van der Waals surface area contributed by atoms with E-state index in [0.717, 1.165) is 32.4 Å². The van der Waals surface area contributed by atoms with Gasteiger partial charge in [0.2, 0.25) is 0 Å². The lowest BCUT2D eigenvalue weighted by Gasteiger charge is -2.22. The third kappa shape index (κ3) is 4.02. The number of rotatable bonds is 8. The van der Waals surface area contributed by atoms with Crippen molar-refractivity contribution >= 4 is 17.4 Å². The van der Waals surface area contributed by atoms with Crippen molar-refractivity contribution in [1.82, 2.24) is 9.55 Å². The predicted octanol–water partition coefficient (Wildman–Crippen LogP) is 2.50. The number of aryl methyl sites for hydroxylation is 1. The van der Waals surface area contributed by atoms with E-state index >= 15 is 0 Å². The first-order valence-electron chi connectivity index (χ1n) is 6.60. The topological polar surface area (TPSA) is 38.1 Å². The molecular formula is C13H22ClN3O. The molecule has 0 saturated carbocycles. The van der Waals surface area contributed by atoms with Crippen molar-refractivity contribution in [3.63, 3.8) is 0 Å². The summed E-state index contributed by atoms with van der Waals surface area (Å²) in [4.78, 5) is 18.5. The Balaban J connectivity index is 2.96. The fourth-order valence-corrected chi connectivity index (χ4v) is 2.05. The zero-order valence-corrected chi connectivity index (χ0v) is 12.0. The second kappa shape index (κ2) is 8.14. The molecule has 0 unspecified atom stereocenters. The number of hydrogen-bond donors (Lipinski definition) is 0. The molecule has 0 radical (unpaired) electrons. The van der Waals surface area contributed by atoms with Crippen LogP contribution in [0.4, 0.5) is 5.82 Å². The molecule has 4 nitrogen and oxygen atoms in total. The SMILES string of the molecule is CCCCN(CCCl)c1nccn(CCC)c1=O. The zero-order chi connectivity index (χ0) is 13.4. The highest BCUT2D eigenvalue weighted by molar-refractivity contribution is 6.18. The minimum Gasteiger partial charge on any atom is -0.351 e. The van der Waals surface area contributed by atoms with E-state index in [9.17, 15) is 4.79 Å². The van der Waals surface area contributed by atoms with Gasteiger partial charge in [0.15, 0.2) is 5.82 Å². The Morgan fingerprint density at radius 1 is 1.33 bits per heavy atom. The molecule has 0 spiro atoms. The number of hydrogen-bond acceptors (Lipinski definition) is 3. The summed E-state index contributed by atoms with van der Waals surface area (Å²) in [5, 5.41) is 0. The minimum absolute atomic E-state index is 0.0134. The summed E-state index contributed by atoms with van der Waals surface area (Å²) >= 11 is 5.80. The Labute approximate surface area is 114 Å². The molecule has 0 saturated heterocycles. The number of halogens is 1. The van der Waals surface area contributed by atoms with E-state index in [1.54, 1.807) is 17.0 Å². The van der Waals surface area contributed by atoms with Crippen LogP contribution in [-0.4, -0.2) is 28.5 Å². The molecular weight excluding hydrogens is 250 g/mol. The van der Waals surface area contributed by atoms with E-state index in [1.807, 2.05) is 4.90 Å². The maximum Gasteiger partial charge on any atom is 0.293 e. The Kier molecular flexibility index (Phi) is 6.80. The fourth-order valence-electron chi connectivity index (χ4n) is 1.84. The quantitative estimate of drug-likeness (QED) is 0.682. The molecule has 0 aliphatic rings. The highest BCUT2D eigenvalue weighted by Crippen LogP contribution is 2.06. The van der Waals surface area contributed by atoms with E-state index in [-0.39, 0.29) is 5.56 Å². The largest absolute Gasteiger partial charge is 0.351 e. The highest BCUT2D eigenvalue weighted by atomic mass is 35.5. The number of nitrogens with zero attached hydrogens (tertiary/aromatic N) is 3. The molecule has 0 fully saturated rings. The summed E-state index contributed by atoms with van der Waals surface area (Å²) in [6.45, 7) is 6.42. The van der Waals surface area contributed by atoms with E-state index < -0.39 is 0 Å². The number of unbranched alkanes of at least 4 members (excludes halogenated alkanes) is 1. The van der Waals surface area contributed by atoms with E-state index in [2.05, 4.69) is 18.8 Å². The van der Waals surface area contributed by atoms with Crippen molar-refractivity contribution in [2.75, 3.05) is 23.9 Å². The van der Waals surface area contributed by atoms with Crippen LogP contribution in [0.25, 0.3) is 0 Å². The summed E-state index contributed by atoms with van der Waals surface area (Å²) in [6.07, 6.45) is 6.51. The summed E-state index contributed by atoms with van der Waals surface area (Å²) < 4.78 is 1.72. The van der Waals surface area contributed by atoms with Crippen molar-refractivity contribution in [3.05, 3.63) is 22.7 Å². The number of anilines is 1. The van der Waals surface area contributed by atoms with Gasteiger partial charge in [-0.1, -0.05) is 20.3 Å². The van der Waals surface area contributed by atoms with E-state index in [1.165, 1.54) is 0 Å². The first kappa shape index (κ1) is 15.0. The van der Waals surface area contributed by atoms with Crippen LogP contribution in [0, 0.1) is 0 Å². The normalized spacial score (nSPS) is 10.6. The molecule has 5 heteroatoms. The summed E-state index contributed by atoms with van der Waals surface area (Å²) in [5.74, 6) is 1.04. The van der Waals surface area contributed by atoms with Crippen LogP contribution in [0.5, 0.6) is 0 Å². The highest BCUT2D eigenvalue weighted by Gasteiger charge is 2.12. The van der Waals surface area contributed by atoms with Crippen LogP contribution in [0.2, 0.25) is 0 Å². The maximum atomic E-state index is 12.3. The van der Waals surface area contributed by atoms with E-state index in [4.69, 9.17) is 11.6 Å². The molecule has 0 aliphatic carbocycles. The molecule has 1 aromatic heterocycles. The van der Waals surface area contributed by atoms with Gasteiger partial charge in [0.05, 0.1) is 0 Å². The first-order valence-corrected chi connectivity index (χ1v) is 7.14. The Bertz CT molecular complexity index is 405. The van der Waals surface area contributed by atoms with Crippen LogP contribution in [0.3, 0.4) is 0 Å². The molecule has 1 rings (SSSR count). The van der Waals surface area contributed by atoms with E-state index in [0.29, 0.717) is 18.2 Å². The van der Waals surface area contributed by atoms with Crippen LogP contribution in [0.1, 0.15) is 33.1 Å². The maximum absolute atomic E-state index is 12.3. The van der Waals surface area contributed by atoms with Gasteiger partial charge >= 0.3 is 0 Å². The lowest BCUT2D eigenvalue weighted by atomic mass is 10.3. The molecule has 0 aliphatic heterocycles. The van der Waals surface area contributed by atoms with Crippen molar-refractivity contribution < 1.29 is 0 Å². The van der Waals surface area contributed by atoms with Crippen molar-refractivity contribution in [2.45, 2.75) is 39.7 Å². The standard InChI is InChI=1S/C13H22ClN3O/c1-3-5-9-16(10-6-14)12-13(18)17(8-4-2)11-7-15-12/h7,11H,3-6,8-10H2,1-2H3. The third-order valence-corrected chi connectivity index (χ3v) is 2.96. The van der Waals surface area contributed by atoms with Gasteiger partial charge in [-0.05, 0) is 12.8 Å². The Morgan fingerprint density at radius 2 is 2.11 bits per heavy atom. The average Bonchev–Trinajstić information content (AvgIpc) is 2.38.